The van der Waals surface area contributed by atoms with Crippen molar-refractivity contribution in [3.63, 3.8) is 0 Å². The van der Waals surface area contributed by atoms with Crippen LogP contribution in [0.5, 0.6) is 0 Å². The number of halogens is 1. The first-order valence-electron chi connectivity index (χ1n) is 14.0. The van der Waals surface area contributed by atoms with Crippen molar-refractivity contribution >= 4 is 39.0 Å². The molecule has 0 spiro atoms. The van der Waals surface area contributed by atoms with Gasteiger partial charge < -0.3 is 9.64 Å². The Balaban J connectivity index is 0.00000405. The van der Waals surface area contributed by atoms with E-state index in [0.717, 1.165) is 62.7 Å². The molecule has 0 unspecified atom stereocenters. The van der Waals surface area contributed by atoms with E-state index < -0.39 is 21.3 Å². The van der Waals surface area contributed by atoms with Crippen LogP contribution in [0.3, 0.4) is 0 Å². The summed E-state index contributed by atoms with van der Waals surface area (Å²) < 4.78 is 33.7. The fraction of sp³-hybridized carbons (Fsp3) is 0.355. The van der Waals surface area contributed by atoms with Gasteiger partial charge in [-0.1, -0.05) is 60.7 Å². The molecular weight excluding hydrogens is 576 g/mol. The number of hydrogen-bond donors (Lipinski definition) is 2. The Morgan fingerprint density at radius 1 is 0.905 bits per heavy atom. The van der Waals surface area contributed by atoms with Gasteiger partial charge in [0, 0.05) is 25.3 Å². The molecule has 2 N–H and O–H groups in total. The van der Waals surface area contributed by atoms with Crippen LogP contribution in [0.4, 0.5) is 5.69 Å². The van der Waals surface area contributed by atoms with Crippen molar-refractivity contribution in [1.29, 1.82) is 0 Å². The third-order valence-corrected chi connectivity index (χ3v) is 8.08. The number of nitrogens with one attached hydrogen (secondary N) is 2. The van der Waals surface area contributed by atoms with Crippen molar-refractivity contribution in [3.8, 4) is 0 Å². The minimum atomic E-state index is -3.48. The SMILES string of the molecule is CS(=O)(=O)Nc1ccc2c(c1)c(=O)[nH]c(=O)n2CCCCN1CCC(OC(c2ccccc2)c2ccccc2)CC1.Cl. The number of benzene rings is 3. The van der Waals surface area contributed by atoms with Gasteiger partial charge in [-0.25, -0.2) is 13.2 Å². The molecule has 0 radical (unpaired) electrons. The van der Waals surface area contributed by atoms with Crippen LogP contribution in [0.15, 0.2) is 88.5 Å². The summed E-state index contributed by atoms with van der Waals surface area (Å²) in [5, 5.41) is 0.268. The Hall–Kier alpha value is -3.44. The lowest BCUT2D eigenvalue weighted by Crippen LogP contribution is -2.38. The molecule has 1 aliphatic rings. The van der Waals surface area contributed by atoms with E-state index in [1.54, 1.807) is 16.7 Å². The van der Waals surface area contributed by atoms with Gasteiger partial charge in [0.2, 0.25) is 10.0 Å². The zero-order valence-corrected chi connectivity index (χ0v) is 25.2. The highest BCUT2D eigenvalue weighted by Crippen LogP contribution is 2.30. The molecule has 0 bridgehead atoms. The smallest absolute Gasteiger partial charge is 0.328 e. The molecule has 0 aliphatic carbocycles. The molecule has 224 valence electrons. The lowest BCUT2D eigenvalue weighted by molar-refractivity contribution is -0.0271. The number of anilines is 1. The Labute approximate surface area is 252 Å². The summed E-state index contributed by atoms with van der Waals surface area (Å²) in [5.41, 5.74) is 2.09. The van der Waals surface area contributed by atoms with Crippen LogP contribution in [-0.4, -0.2) is 54.9 Å². The highest BCUT2D eigenvalue weighted by atomic mass is 35.5. The molecule has 42 heavy (non-hydrogen) atoms. The molecule has 1 aliphatic heterocycles. The van der Waals surface area contributed by atoms with Crippen LogP contribution in [0.2, 0.25) is 0 Å². The van der Waals surface area contributed by atoms with Gasteiger partial charge in [0.15, 0.2) is 0 Å². The first-order chi connectivity index (χ1) is 19.8. The standard InChI is InChI=1S/C31H36N4O5S.ClH/c1-41(38,39)33-25-14-15-28-27(22-25)30(36)32-31(37)35(28)19-9-8-18-34-20-16-26(17-21-34)40-29(23-10-4-2-5-11-23)24-12-6-3-7-13-24;/h2-7,10-15,22,26,29,33H,8-9,16-21H2,1H3,(H,32,36,37);1H. The number of sulfonamides is 1. The number of aromatic nitrogens is 2. The van der Waals surface area contributed by atoms with Crippen molar-refractivity contribution in [3.05, 3.63) is 111 Å². The predicted molar refractivity (Wildman–Crippen MR) is 169 cm³/mol. The Morgan fingerprint density at radius 2 is 1.50 bits per heavy atom. The molecule has 2 heterocycles. The second-order valence-corrected chi connectivity index (χ2v) is 12.4. The summed E-state index contributed by atoms with van der Waals surface area (Å²) >= 11 is 0. The van der Waals surface area contributed by atoms with E-state index in [2.05, 4.69) is 63.1 Å². The van der Waals surface area contributed by atoms with E-state index in [1.165, 1.54) is 6.07 Å². The number of likely N-dealkylation sites (tertiary alicyclic amines) is 1. The van der Waals surface area contributed by atoms with Gasteiger partial charge in [0.25, 0.3) is 5.56 Å². The third kappa shape index (κ3) is 8.10. The third-order valence-electron chi connectivity index (χ3n) is 7.47. The second kappa shape index (κ2) is 14.2. The fourth-order valence-corrected chi connectivity index (χ4v) is 6.02. The molecule has 1 aromatic heterocycles. The topological polar surface area (TPSA) is 114 Å². The number of ether oxygens (including phenoxy) is 1. The van der Waals surface area contributed by atoms with E-state index >= 15 is 0 Å². The van der Waals surface area contributed by atoms with Crippen LogP contribution < -0.4 is 16.0 Å². The first-order valence-corrected chi connectivity index (χ1v) is 15.9. The number of aryl methyl sites for hydroxylation is 1. The normalized spacial score (nSPS) is 14.6. The molecule has 1 fully saturated rings. The Kier molecular flexibility index (Phi) is 10.6. The van der Waals surface area contributed by atoms with Crippen LogP contribution in [-0.2, 0) is 21.3 Å². The lowest BCUT2D eigenvalue weighted by Gasteiger charge is -2.34. The molecule has 11 heteroatoms. The van der Waals surface area contributed by atoms with Crippen LogP contribution in [0.1, 0.15) is 42.9 Å². The number of piperidine rings is 1. The maximum absolute atomic E-state index is 12.6. The van der Waals surface area contributed by atoms with Gasteiger partial charge in [0.05, 0.1) is 23.3 Å². The van der Waals surface area contributed by atoms with Gasteiger partial charge >= 0.3 is 5.69 Å². The van der Waals surface area contributed by atoms with Crippen molar-refractivity contribution in [1.82, 2.24) is 14.5 Å². The number of rotatable bonds is 11. The average Bonchev–Trinajstić information content (AvgIpc) is 2.96. The molecule has 1 saturated heterocycles. The van der Waals surface area contributed by atoms with Gasteiger partial charge in [0.1, 0.15) is 6.10 Å². The van der Waals surface area contributed by atoms with Crippen LogP contribution in [0, 0.1) is 0 Å². The minimum absolute atomic E-state index is 0. The highest BCUT2D eigenvalue weighted by Gasteiger charge is 2.24. The van der Waals surface area contributed by atoms with Crippen LogP contribution >= 0.6 is 12.4 Å². The predicted octanol–water partition coefficient (Wildman–Crippen LogP) is 4.53. The summed E-state index contributed by atoms with van der Waals surface area (Å²) in [6.07, 6.45) is 4.74. The fourth-order valence-electron chi connectivity index (χ4n) is 5.47. The molecule has 5 rings (SSSR count). The summed E-state index contributed by atoms with van der Waals surface area (Å²) in [4.78, 5) is 29.8. The maximum Gasteiger partial charge on any atom is 0.328 e. The quantitative estimate of drug-likeness (QED) is 0.241. The van der Waals surface area contributed by atoms with E-state index in [-0.39, 0.29) is 35.7 Å². The lowest BCUT2D eigenvalue weighted by atomic mass is 10.00. The zero-order valence-electron chi connectivity index (χ0n) is 23.6. The number of nitrogens with zero attached hydrogens (tertiary/aromatic N) is 2. The summed E-state index contributed by atoms with van der Waals surface area (Å²) in [6, 6.07) is 25.4. The Bertz CT molecular complexity index is 1650. The molecule has 3 aromatic carbocycles. The van der Waals surface area contributed by atoms with E-state index in [4.69, 9.17) is 4.74 Å². The number of unbranched alkanes of at least 4 members (excludes halogenated alkanes) is 1. The van der Waals surface area contributed by atoms with E-state index in [9.17, 15) is 18.0 Å². The largest absolute Gasteiger partial charge is 0.365 e. The van der Waals surface area contributed by atoms with Crippen molar-refractivity contribution in [2.24, 2.45) is 0 Å². The average molecular weight is 613 g/mol. The number of hydrogen-bond acceptors (Lipinski definition) is 6. The Morgan fingerprint density at radius 3 is 2.10 bits per heavy atom. The minimum Gasteiger partial charge on any atom is -0.365 e. The summed E-state index contributed by atoms with van der Waals surface area (Å²) in [6.45, 7) is 3.30. The second-order valence-electron chi connectivity index (χ2n) is 10.6. The first kappa shape index (κ1) is 31.5. The summed E-state index contributed by atoms with van der Waals surface area (Å²) in [5.74, 6) is 0. The van der Waals surface area contributed by atoms with Gasteiger partial charge in [-0.3, -0.25) is 19.1 Å². The van der Waals surface area contributed by atoms with Gasteiger partial charge in [-0.05, 0) is 61.6 Å². The number of fused-ring (bicyclic) bond motifs is 1. The maximum atomic E-state index is 12.6. The molecule has 9 nitrogen and oxygen atoms in total. The van der Waals surface area contributed by atoms with Crippen molar-refractivity contribution < 1.29 is 13.2 Å². The molecular formula is C31H37ClN4O5S. The van der Waals surface area contributed by atoms with Gasteiger partial charge in [-0.2, -0.15) is 0 Å². The summed E-state index contributed by atoms with van der Waals surface area (Å²) in [7, 11) is -3.48. The zero-order chi connectivity index (χ0) is 28.8. The molecule has 0 atom stereocenters. The van der Waals surface area contributed by atoms with Crippen molar-refractivity contribution in [2.45, 2.75) is 44.4 Å². The molecule has 0 amide bonds. The number of H-pyrrole nitrogens is 1. The molecule has 0 saturated carbocycles. The highest BCUT2D eigenvalue weighted by molar-refractivity contribution is 7.92. The molecule has 4 aromatic rings. The van der Waals surface area contributed by atoms with Crippen LogP contribution in [0.25, 0.3) is 10.9 Å². The number of aromatic amines is 1. The van der Waals surface area contributed by atoms with E-state index in [0.29, 0.717) is 12.1 Å². The van der Waals surface area contributed by atoms with Crippen molar-refractivity contribution in [2.75, 3.05) is 30.6 Å². The van der Waals surface area contributed by atoms with E-state index in [1.807, 2.05) is 12.1 Å². The van der Waals surface area contributed by atoms with Gasteiger partial charge in [-0.15, -0.1) is 12.4 Å². The monoisotopic (exact) mass is 612 g/mol.